The van der Waals surface area contributed by atoms with Crippen molar-refractivity contribution >= 4 is 22.4 Å². The summed E-state index contributed by atoms with van der Waals surface area (Å²) < 4.78 is 10.5. The Hall–Kier alpha value is -1.96. The van der Waals surface area contributed by atoms with Crippen LogP contribution in [0.1, 0.15) is 24.6 Å². The molecule has 0 radical (unpaired) electrons. The Kier molecular flexibility index (Phi) is 6.24. The van der Waals surface area contributed by atoms with Gasteiger partial charge in [0.1, 0.15) is 5.75 Å². The minimum absolute atomic E-state index is 0.162. The van der Waals surface area contributed by atoms with E-state index in [9.17, 15) is 4.79 Å². The van der Waals surface area contributed by atoms with E-state index in [1.54, 1.807) is 7.11 Å². The van der Waals surface area contributed by atoms with Gasteiger partial charge in [0.2, 0.25) is 5.91 Å². The molecule has 1 amide bonds. The van der Waals surface area contributed by atoms with Crippen molar-refractivity contribution in [2.45, 2.75) is 32.2 Å². The Labute approximate surface area is 157 Å². The molecule has 1 fully saturated rings. The first kappa shape index (κ1) is 18.8. The molecule has 0 saturated carbocycles. The van der Waals surface area contributed by atoms with Gasteiger partial charge in [0.05, 0.1) is 18.8 Å². The smallest absolute Gasteiger partial charge is 0.243 e. The number of aromatic nitrogens is 1. The molecule has 1 aliphatic heterocycles. The zero-order valence-electron chi connectivity index (χ0n) is 15.2. The van der Waals surface area contributed by atoms with Gasteiger partial charge < -0.3 is 20.5 Å². The van der Waals surface area contributed by atoms with Crippen LogP contribution in [0.4, 0.5) is 5.13 Å². The number of nitrogens with one attached hydrogen (secondary N) is 1. The molecule has 6 nitrogen and oxygen atoms in total. The normalized spacial score (nSPS) is 16.3. The molecule has 7 heteroatoms. The molecule has 26 heavy (non-hydrogen) atoms. The van der Waals surface area contributed by atoms with Crippen LogP contribution in [0.25, 0.3) is 11.3 Å². The second-order valence-corrected chi connectivity index (χ2v) is 7.42. The maximum absolute atomic E-state index is 12.5. The summed E-state index contributed by atoms with van der Waals surface area (Å²) in [6.45, 7) is 3.43. The van der Waals surface area contributed by atoms with Crippen molar-refractivity contribution in [1.82, 2.24) is 4.98 Å². The number of hydrogen-bond donors (Lipinski definition) is 2. The first-order valence-corrected chi connectivity index (χ1v) is 9.72. The summed E-state index contributed by atoms with van der Waals surface area (Å²) in [7, 11) is 1.64. The fraction of sp³-hybridized carbons (Fsp3) is 0.474. The zero-order chi connectivity index (χ0) is 18.5. The van der Waals surface area contributed by atoms with Crippen molar-refractivity contribution in [3.05, 3.63) is 29.1 Å². The maximum atomic E-state index is 12.5. The van der Waals surface area contributed by atoms with Crippen molar-refractivity contribution in [3.63, 3.8) is 0 Å². The fourth-order valence-electron chi connectivity index (χ4n) is 3.10. The van der Waals surface area contributed by atoms with E-state index in [0.29, 0.717) is 18.3 Å². The number of rotatable bonds is 6. The number of thiazole rings is 1. The second kappa shape index (κ2) is 8.62. The molecule has 1 aromatic carbocycles. The van der Waals surface area contributed by atoms with Crippen LogP contribution in [0.5, 0.6) is 5.75 Å². The van der Waals surface area contributed by atoms with E-state index in [-0.39, 0.29) is 11.8 Å². The van der Waals surface area contributed by atoms with Crippen LogP contribution >= 0.6 is 11.3 Å². The van der Waals surface area contributed by atoms with Gasteiger partial charge in [-0.25, -0.2) is 4.98 Å². The lowest BCUT2D eigenvalue weighted by Gasteiger charge is -2.26. The molecule has 3 N–H and O–H groups in total. The molecule has 0 bridgehead atoms. The van der Waals surface area contributed by atoms with Crippen LogP contribution in [-0.4, -0.2) is 37.3 Å². The highest BCUT2D eigenvalue weighted by Crippen LogP contribution is 2.32. The average Bonchev–Trinajstić information content (AvgIpc) is 3.10. The van der Waals surface area contributed by atoms with Crippen LogP contribution in [0, 0.1) is 5.92 Å². The second-order valence-electron chi connectivity index (χ2n) is 6.34. The van der Waals surface area contributed by atoms with Crippen LogP contribution < -0.4 is 15.8 Å². The summed E-state index contributed by atoms with van der Waals surface area (Å²) in [5.41, 5.74) is 8.06. The van der Waals surface area contributed by atoms with Gasteiger partial charge in [-0.3, -0.25) is 4.79 Å². The number of aryl methyl sites for hydroxylation is 1. The molecule has 140 valence electrons. The van der Waals surface area contributed by atoms with E-state index in [1.165, 1.54) is 11.3 Å². The van der Waals surface area contributed by atoms with E-state index in [4.69, 9.17) is 15.2 Å². The number of carbonyl (C=O) groups excluding carboxylic acids is 1. The molecule has 1 unspecified atom stereocenters. The topological polar surface area (TPSA) is 86.5 Å². The SMILES string of the molecule is CCc1sc(NC(=O)C(N)C2CCOCC2)nc1-c1ccc(OC)cc1. The molecule has 0 aliphatic carbocycles. The summed E-state index contributed by atoms with van der Waals surface area (Å²) in [4.78, 5) is 18.3. The third kappa shape index (κ3) is 4.23. The van der Waals surface area contributed by atoms with Crippen molar-refractivity contribution in [1.29, 1.82) is 0 Å². The van der Waals surface area contributed by atoms with Crippen LogP contribution in [0.2, 0.25) is 0 Å². The maximum Gasteiger partial charge on any atom is 0.243 e. The number of nitrogens with zero attached hydrogens (tertiary/aromatic N) is 1. The van der Waals surface area contributed by atoms with E-state index < -0.39 is 6.04 Å². The number of benzene rings is 1. The van der Waals surface area contributed by atoms with Gasteiger partial charge >= 0.3 is 0 Å². The Balaban J connectivity index is 1.74. The van der Waals surface area contributed by atoms with Crippen molar-refractivity contribution in [2.24, 2.45) is 11.7 Å². The molecule has 1 atom stereocenters. The molecule has 2 aromatic rings. The van der Waals surface area contributed by atoms with Crippen LogP contribution in [-0.2, 0) is 16.0 Å². The van der Waals surface area contributed by atoms with Gasteiger partial charge in [-0.1, -0.05) is 6.92 Å². The Morgan fingerprint density at radius 3 is 2.69 bits per heavy atom. The fourth-order valence-corrected chi connectivity index (χ4v) is 4.02. The molecule has 3 rings (SSSR count). The summed E-state index contributed by atoms with van der Waals surface area (Å²) in [6.07, 6.45) is 2.49. The number of nitrogens with two attached hydrogens (primary N) is 1. The molecular formula is C19H25N3O3S. The summed E-state index contributed by atoms with van der Waals surface area (Å²) in [6, 6.07) is 7.25. The summed E-state index contributed by atoms with van der Waals surface area (Å²) in [5.74, 6) is 0.794. The van der Waals surface area contributed by atoms with Gasteiger partial charge in [0.15, 0.2) is 5.13 Å². The van der Waals surface area contributed by atoms with Crippen LogP contribution in [0.3, 0.4) is 0 Å². The number of carbonyl (C=O) groups is 1. The molecule has 1 aromatic heterocycles. The first-order valence-electron chi connectivity index (χ1n) is 8.90. The minimum atomic E-state index is -0.530. The third-order valence-electron chi connectivity index (χ3n) is 4.69. The number of ether oxygens (including phenoxy) is 2. The van der Waals surface area contributed by atoms with Gasteiger partial charge in [-0.2, -0.15) is 0 Å². The standard InChI is InChI=1S/C19H25N3O3S/c1-3-15-17(13-4-6-14(24-2)7-5-13)21-19(26-15)22-18(23)16(20)12-8-10-25-11-9-12/h4-7,12,16H,3,8-11,20H2,1-2H3,(H,21,22,23). The molecule has 2 heterocycles. The number of amides is 1. The Bertz CT molecular complexity index is 739. The number of hydrogen-bond acceptors (Lipinski definition) is 6. The zero-order valence-corrected chi connectivity index (χ0v) is 16.0. The first-order chi connectivity index (χ1) is 12.6. The van der Waals surface area contributed by atoms with E-state index >= 15 is 0 Å². The number of anilines is 1. The lowest BCUT2D eigenvalue weighted by atomic mass is 9.92. The monoisotopic (exact) mass is 375 g/mol. The molecule has 0 spiro atoms. The Morgan fingerprint density at radius 1 is 1.38 bits per heavy atom. The quantitative estimate of drug-likeness (QED) is 0.810. The predicted molar refractivity (Wildman–Crippen MR) is 104 cm³/mol. The van der Waals surface area contributed by atoms with E-state index in [2.05, 4.69) is 17.2 Å². The highest BCUT2D eigenvalue weighted by Gasteiger charge is 2.27. The van der Waals surface area contributed by atoms with Crippen molar-refractivity contribution in [3.8, 4) is 17.0 Å². The summed E-state index contributed by atoms with van der Waals surface area (Å²) in [5, 5.41) is 3.50. The molecule has 1 saturated heterocycles. The lowest BCUT2D eigenvalue weighted by Crippen LogP contribution is -2.43. The van der Waals surface area contributed by atoms with E-state index in [1.807, 2.05) is 24.3 Å². The van der Waals surface area contributed by atoms with Crippen molar-refractivity contribution < 1.29 is 14.3 Å². The van der Waals surface area contributed by atoms with Crippen molar-refractivity contribution in [2.75, 3.05) is 25.6 Å². The number of methoxy groups -OCH3 is 1. The molecular weight excluding hydrogens is 350 g/mol. The highest BCUT2D eigenvalue weighted by molar-refractivity contribution is 7.16. The average molecular weight is 375 g/mol. The third-order valence-corrected chi connectivity index (χ3v) is 5.80. The largest absolute Gasteiger partial charge is 0.497 e. The van der Waals surface area contributed by atoms with Gasteiger partial charge in [-0.15, -0.1) is 11.3 Å². The molecule has 1 aliphatic rings. The van der Waals surface area contributed by atoms with E-state index in [0.717, 1.165) is 41.1 Å². The lowest BCUT2D eigenvalue weighted by molar-refractivity contribution is -0.119. The Morgan fingerprint density at radius 2 is 2.08 bits per heavy atom. The predicted octanol–water partition coefficient (Wildman–Crippen LogP) is 3.07. The van der Waals surface area contributed by atoms with Gasteiger partial charge in [-0.05, 0) is 49.4 Å². The highest BCUT2D eigenvalue weighted by atomic mass is 32.1. The minimum Gasteiger partial charge on any atom is -0.497 e. The van der Waals surface area contributed by atoms with Gasteiger partial charge in [0, 0.05) is 23.7 Å². The van der Waals surface area contributed by atoms with Crippen LogP contribution in [0.15, 0.2) is 24.3 Å². The van der Waals surface area contributed by atoms with Gasteiger partial charge in [0.25, 0.3) is 0 Å². The summed E-state index contributed by atoms with van der Waals surface area (Å²) >= 11 is 1.50.